The zero-order valence-corrected chi connectivity index (χ0v) is 14.7. The maximum absolute atomic E-state index is 12.9. The van der Waals surface area contributed by atoms with Crippen molar-refractivity contribution in [3.8, 4) is 0 Å². The van der Waals surface area contributed by atoms with E-state index in [1.54, 1.807) is 18.3 Å². The lowest BCUT2D eigenvalue weighted by atomic mass is 10.1. The third-order valence-corrected chi connectivity index (χ3v) is 4.06. The van der Waals surface area contributed by atoms with Crippen LogP contribution in [0.3, 0.4) is 0 Å². The Bertz CT molecular complexity index is 791. The van der Waals surface area contributed by atoms with Gasteiger partial charge in [0, 0.05) is 19.3 Å². The van der Waals surface area contributed by atoms with Crippen LogP contribution in [0.1, 0.15) is 17.5 Å². The predicted octanol–water partition coefficient (Wildman–Crippen LogP) is 4.32. The molecule has 2 aromatic carbocycles. The summed E-state index contributed by atoms with van der Waals surface area (Å²) in [6.07, 6.45) is 4.62. The number of rotatable bonds is 9. The first kappa shape index (κ1) is 17.9. The summed E-state index contributed by atoms with van der Waals surface area (Å²) in [5.41, 5.74) is 2.43. The number of hydrogen-bond acceptors (Lipinski definition) is 4. The van der Waals surface area contributed by atoms with Crippen molar-refractivity contribution < 1.29 is 4.39 Å². The van der Waals surface area contributed by atoms with E-state index in [0.717, 1.165) is 37.2 Å². The number of aryl methyl sites for hydroxylation is 1. The molecule has 1 aromatic heterocycles. The molecule has 4 nitrogen and oxygen atoms in total. The summed E-state index contributed by atoms with van der Waals surface area (Å²) in [5.74, 6) is 1.20. The maximum Gasteiger partial charge on any atom is 0.224 e. The lowest BCUT2D eigenvalue weighted by Crippen LogP contribution is -2.10. The highest BCUT2D eigenvalue weighted by atomic mass is 19.1. The van der Waals surface area contributed by atoms with Crippen molar-refractivity contribution in [2.45, 2.75) is 19.3 Å². The second kappa shape index (κ2) is 9.51. The molecule has 5 heteroatoms. The summed E-state index contributed by atoms with van der Waals surface area (Å²) < 4.78 is 12.9. The van der Waals surface area contributed by atoms with Gasteiger partial charge < -0.3 is 10.6 Å². The molecule has 0 spiro atoms. The topological polar surface area (TPSA) is 49.8 Å². The first-order chi connectivity index (χ1) is 12.8. The monoisotopic (exact) mass is 350 g/mol. The quantitative estimate of drug-likeness (QED) is 0.565. The normalized spacial score (nSPS) is 10.5. The minimum absolute atomic E-state index is 0.212. The molecule has 0 saturated carbocycles. The van der Waals surface area contributed by atoms with Crippen molar-refractivity contribution in [3.63, 3.8) is 0 Å². The molecule has 3 rings (SSSR count). The first-order valence-electron chi connectivity index (χ1n) is 8.89. The molecule has 2 N–H and O–H groups in total. The molecule has 1 heterocycles. The highest BCUT2D eigenvalue weighted by molar-refractivity contribution is 5.39. The van der Waals surface area contributed by atoms with Crippen molar-refractivity contribution in [1.29, 1.82) is 0 Å². The van der Waals surface area contributed by atoms with Gasteiger partial charge in [-0.1, -0.05) is 42.5 Å². The summed E-state index contributed by atoms with van der Waals surface area (Å²) in [4.78, 5) is 8.71. The molecule has 134 valence electrons. The van der Waals surface area contributed by atoms with Gasteiger partial charge in [-0.2, -0.15) is 4.98 Å². The average Bonchev–Trinajstić information content (AvgIpc) is 2.68. The molecular formula is C21H23FN4. The minimum atomic E-state index is -0.212. The SMILES string of the molecule is Fc1ccc(CCNc2nccc(NCCCc3ccccc3)n2)cc1. The van der Waals surface area contributed by atoms with Crippen LogP contribution in [0.25, 0.3) is 0 Å². The summed E-state index contributed by atoms with van der Waals surface area (Å²) in [5, 5.41) is 6.55. The van der Waals surface area contributed by atoms with Crippen LogP contribution in [0.15, 0.2) is 66.9 Å². The Labute approximate surface area is 153 Å². The molecule has 0 aliphatic rings. The highest BCUT2D eigenvalue weighted by Crippen LogP contribution is 2.08. The molecule has 0 unspecified atom stereocenters. The summed E-state index contributed by atoms with van der Waals surface area (Å²) in [6.45, 7) is 1.56. The molecule has 3 aromatic rings. The minimum Gasteiger partial charge on any atom is -0.370 e. The second-order valence-corrected chi connectivity index (χ2v) is 6.08. The number of benzene rings is 2. The second-order valence-electron chi connectivity index (χ2n) is 6.08. The van der Waals surface area contributed by atoms with Crippen molar-refractivity contribution in [3.05, 3.63) is 83.8 Å². The summed E-state index contributed by atoms with van der Waals surface area (Å²) in [7, 11) is 0. The molecule has 0 aliphatic heterocycles. The van der Waals surface area contributed by atoms with E-state index >= 15 is 0 Å². The largest absolute Gasteiger partial charge is 0.370 e. The van der Waals surface area contributed by atoms with E-state index in [4.69, 9.17) is 0 Å². The Hall–Kier alpha value is -2.95. The van der Waals surface area contributed by atoms with Crippen molar-refractivity contribution >= 4 is 11.8 Å². The lowest BCUT2D eigenvalue weighted by Gasteiger charge is -2.08. The Balaban J connectivity index is 1.40. The molecule has 0 aliphatic carbocycles. The van der Waals surface area contributed by atoms with E-state index in [1.165, 1.54) is 17.7 Å². The number of anilines is 2. The number of hydrogen-bond donors (Lipinski definition) is 2. The fourth-order valence-electron chi connectivity index (χ4n) is 2.67. The van der Waals surface area contributed by atoms with Gasteiger partial charge in [0.05, 0.1) is 0 Å². The molecule has 0 bridgehead atoms. The highest BCUT2D eigenvalue weighted by Gasteiger charge is 2.00. The van der Waals surface area contributed by atoms with Gasteiger partial charge in [-0.3, -0.25) is 0 Å². The fraction of sp³-hybridized carbons (Fsp3) is 0.238. The molecule has 0 fully saturated rings. The van der Waals surface area contributed by atoms with Crippen LogP contribution in [0.4, 0.5) is 16.2 Å². The first-order valence-corrected chi connectivity index (χ1v) is 8.89. The Kier molecular flexibility index (Phi) is 6.53. The zero-order valence-electron chi connectivity index (χ0n) is 14.7. The third kappa shape index (κ3) is 5.84. The van der Waals surface area contributed by atoms with Crippen LogP contribution in [-0.2, 0) is 12.8 Å². The van der Waals surface area contributed by atoms with Gasteiger partial charge >= 0.3 is 0 Å². The van der Waals surface area contributed by atoms with Gasteiger partial charge in [0.15, 0.2) is 0 Å². The lowest BCUT2D eigenvalue weighted by molar-refractivity contribution is 0.627. The van der Waals surface area contributed by atoms with Crippen LogP contribution in [0.5, 0.6) is 0 Å². The Morgan fingerprint density at radius 2 is 1.54 bits per heavy atom. The number of halogens is 1. The van der Waals surface area contributed by atoms with Crippen molar-refractivity contribution in [1.82, 2.24) is 9.97 Å². The maximum atomic E-state index is 12.9. The molecule has 0 amide bonds. The standard InChI is InChI=1S/C21H23FN4/c22-19-10-8-18(9-11-19)12-15-24-21-25-16-13-20(26-21)23-14-4-7-17-5-2-1-3-6-17/h1-3,5-6,8-11,13,16H,4,7,12,14-15H2,(H2,23,24,25,26). The predicted molar refractivity (Wildman–Crippen MR) is 104 cm³/mol. The number of nitrogens with zero attached hydrogens (tertiary/aromatic N) is 2. The van der Waals surface area contributed by atoms with Crippen LogP contribution >= 0.6 is 0 Å². The van der Waals surface area contributed by atoms with Crippen molar-refractivity contribution in [2.24, 2.45) is 0 Å². The molecule has 26 heavy (non-hydrogen) atoms. The van der Waals surface area contributed by atoms with Crippen molar-refractivity contribution in [2.75, 3.05) is 23.7 Å². The van der Waals surface area contributed by atoms with Gasteiger partial charge in [0.2, 0.25) is 5.95 Å². The van der Waals surface area contributed by atoms with Gasteiger partial charge in [-0.05, 0) is 48.6 Å². The molecule has 0 radical (unpaired) electrons. The summed E-state index contributed by atoms with van der Waals surface area (Å²) >= 11 is 0. The van der Waals surface area contributed by atoms with Crippen LogP contribution in [0.2, 0.25) is 0 Å². The van der Waals surface area contributed by atoms with Crippen LogP contribution < -0.4 is 10.6 Å². The van der Waals surface area contributed by atoms with E-state index in [9.17, 15) is 4.39 Å². The van der Waals surface area contributed by atoms with E-state index in [2.05, 4.69) is 44.9 Å². The van der Waals surface area contributed by atoms with Gasteiger partial charge in [0.1, 0.15) is 11.6 Å². The third-order valence-electron chi connectivity index (χ3n) is 4.06. The van der Waals surface area contributed by atoms with Gasteiger partial charge in [-0.15, -0.1) is 0 Å². The Morgan fingerprint density at radius 3 is 2.35 bits per heavy atom. The number of nitrogens with one attached hydrogen (secondary N) is 2. The van der Waals surface area contributed by atoms with E-state index < -0.39 is 0 Å². The Morgan fingerprint density at radius 1 is 0.769 bits per heavy atom. The van der Waals surface area contributed by atoms with E-state index in [1.807, 2.05) is 12.1 Å². The molecular weight excluding hydrogens is 327 g/mol. The number of aromatic nitrogens is 2. The smallest absolute Gasteiger partial charge is 0.224 e. The van der Waals surface area contributed by atoms with E-state index in [0.29, 0.717) is 12.5 Å². The average molecular weight is 350 g/mol. The van der Waals surface area contributed by atoms with Crippen LogP contribution in [0, 0.1) is 5.82 Å². The van der Waals surface area contributed by atoms with Crippen LogP contribution in [-0.4, -0.2) is 23.1 Å². The fourth-order valence-corrected chi connectivity index (χ4v) is 2.67. The molecule has 0 saturated heterocycles. The van der Waals surface area contributed by atoms with Gasteiger partial charge in [0.25, 0.3) is 0 Å². The summed E-state index contributed by atoms with van der Waals surface area (Å²) in [6, 6.07) is 18.9. The van der Waals surface area contributed by atoms with E-state index in [-0.39, 0.29) is 5.82 Å². The zero-order chi connectivity index (χ0) is 18.0. The molecule has 0 atom stereocenters. The van der Waals surface area contributed by atoms with Gasteiger partial charge in [-0.25, -0.2) is 9.37 Å².